The molecule has 2 aromatic rings. The lowest BCUT2D eigenvalue weighted by molar-refractivity contribution is 0.217. The van der Waals surface area contributed by atoms with Crippen molar-refractivity contribution < 1.29 is 4.74 Å². The summed E-state index contributed by atoms with van der Waals surface area (Å²) < 4.78 is 7.83. The van der Waals surface area contributed by atoms with Crippen molar-refractivity contribution in [3.8, 4) is 5.75 Å². The average Bonchev–Trinajstić information content (AvgIpc) is 3.01. The molecule has 0 aliphatic carbocycles. The van der Waals surface area contributed by atoms with E-state index in [1.807, 2.05) is 25.1 Å². The fourth-order valence-corrected chi connectivity index (χ4v) is 2.47. The zero-order valence-electron chi connectivity index (χ0n) is 14.1. The highest BCUT2D eigenvalue weighted by molar-refractivity contribution is 6.32. The Bertz CT molecular complexity index is 614. The molecular weight excluding hydrogens is 312 g/mol. The number of aromatic nitrogens is 3. The van der Waals surface area contributed by atoms with E-state index in [0.29, 0.717) is 5.02 Å². The van der Waals surface area contributed by atoms with Crippen molar-refractivity contribution in [3.05, 3.63) is 40.9 Å². The topological polar surface area (TPSA) is 52.0 Å². The van der Waals surface area contributed by atoms with Crippen molar-refractivity contribution >= 4 is 11.6 Å². The molecule has 0 aliphatic rings. The van der Waals surface area contributed by atoms with Gasteiger partial charge in [-0.15, -0.1) is 10.2 Å². The molecule has 0 spiro atoms. The maximum Gasteiger partial charge on any atom is 0.138 e. The molecule has 126 valence electrons. The van der Waals surface area contributed by atoms with Gasteiger partial charge in [-0.2, -0.15) is 0 Å². The van der Waals surface area contributed by atoms with Gasteiger partial charge >= 0.3 is 0 Å². The second-order valence-corrected chi connectivity index (χ2v) is 5.97. The summed E-state index contributed by atoms with van der Waals surface area (Å²) in [6.07, 6.45) is 3.76. The van der Waals surface area contributed by atoms with E-state index >= 15 is 0 Å². The van der Waals surface area contributed by atoms with Gasteiger partial charge in [0.05, 0.1) is 11.1 Å². The van der Waals surface area contributed by atoms with E-state index in [1.54, 1.807) is 6.33 Å². The van der Waals surface area contributed by atoms with Gasteiger partial charge in [-0.3, -0.25) is 0 Å². The van der Waals surface area contributed by atoms with Gasteiger partial charge in [0.1, 0.15) is 17.9 Å². The third-order valence-electron chi connectivity index (χ3n) is 3.79. The van der Waals surface area contributed by atoms with Gasteiger partial charge in [0.15, 0.2) is 0 Å². The number of hydrogen-bond acceptors (Lipinski definition) is 4. The molecule has 1 N–H and O–H groups in total. The standard InChI is InChI=1S/C17H25ClN4O/c1-4-13(3)23-16-7-6-14(10-15(16)18)11-19-9-8-17-21-20-12-22(17)5-2/h6-7,10,12-13,19H,4-5,8-9,11H2,1-3H3/t13-/m0/s1. The number of nitrogens with zero attached hydrogens (tertiary/aromatic N) is 3. The second-order valence-electron chi connectivity index (χ2n) is 5.56. The molecule has 1 heterocycles. The molecule has 0 unspecified atom stereocenters. The number of rotatable bonds is 9. The molecule has 1 aromatic heterocycles. The quantitative estimate of drug-likeness (QED) is 0.712. The highest BCUT2D eigenvalue weighted by Crippen LogP contribution is 2.26. The Morgan fingerprint density at radius 1 is 1.35 bits per heavy atom. The summed E-state index contributed by atoms with van der Waals surface area (Å²) >= 11 is 6.29. The minimum atomic E-state index is 0.174. The minimum absolute atomic E-state index is 0.174. The number of aryl methyl sites for hydroxylation is 1. The summed E-state index contributed by atoms with van der Waals surface area (Å²) in [5.41, 5.74) is 1.14. The first-order valence-corrected chi connectivity index (χ1v) is 8.54. The number of halogens is 1. The molecule has 0 radical (unpaired) electrons. The van der Waals surface area contributed by atoms with Crippen LogP contribution in [0.4, 0.5) is 0 Å². The Balaban J connectivity index is 1.81. The molecule has 2 rings (SSSR count). The van der Waals surface area contributed by atoms with E-state index in [4.69, 9.17) is 16.3 Å². The van der Waals surface area contributed by atoms with Crippen molar-refractivity contribution in [2.75, 3.05) is 6.54 Å². The molecule has 1 aromatic carbocycles. The van der Waals surface area contributed by atoms with Crippen LogP contribution in [0.3, 0.4) is 0 Å². The molecule has 0 fully saturated rings. The van der Waals surface area contributed by atoms with Crippen molar-refractivity contribution in [2.45, 2.75) is 52.8 Å². The van der Waals surface area contributed by atoms with Crippen LogP contribution in [0, 0.1) is 0 Å². The predicted octanol–water partition coefficient (Wildman–Crippen LogP) is 3.46. The lowest BCUT2D eigenvalue weighted by Crippen LogP contribution is -2.18. The Hall–Kier alpha value is -1.59. The molecule has 0 amide bonds. The van der Waals surface area contributed by atoms with E-state index in [0.717, 1.165) is 49.6 Å². The molecule has 0 aliphatic heterocycles. The van der Waals surface area contributed by atoms with Crippen molar-refractivity contribution in [1.82, 2.24) is 20.1 Å². The zero-order chi connectivity index (χ0) is 16.7. The maximum absolute atomic E-state index is 6.29. The van der Waals surface area contributed by atoms with Crippen molar-refractivity contribution in [1.29, 1.82) is 0 Å². The Morgan fingerprint density at radius 3 is 2.87 bits per heavy atom. The fraction of sp³-hybridized carbons (Fsp3) is 0.529. The molecule has 6 heteroatoms. The first kappa shape index (κ1) is 17.8. The van der Waals surface area contributed by atoms with Gasteiger partial charge in [0.2, 0.25) is 0 Å². The molecule has 0 saturated carbocycles. The van der Waals surface area contributed by atoms with Crippen LogP contribution in [0.25, 0.3) is 0 Å². The van der Waals surface area contributed by atoms with Gasteiger partial charge in [0.25, 0.3) is 0 Å². The summed E-state index contributed by atoms with van der Waals surface area (Å²) in [5, 5.41) is 12.1. The largest absolute Gasteiger partial charge is 0.489 e. The van der Waals surface area contributed by atoms with Gasteiger partial charge in [0, 0.05) is 26.1 Å². The number of benzene rings is 1. The summed E-state index contributed by atoms with van der Waals surface area (Å²) in [5.74, 6) is 1.76. The van der Waals surface area contributed by atoms with Gasteiger partial charge < -0.3 is 14.6 Å². The molecule has 5 nitrogen and oxygen atoms in total. The third-order valence-corrected chi connectivity index (χ3v) is 4.09. The summed E-state index contributed by atoms with van der Waals surface area (Å²) in [4.78, 5) is 0. The van der Waals surface area contributed by atoms with Crippen LogP contribution >= 0.6 is 11.6 Å². The average molecular weight is 337 g/mol. The van der Waals surface area contributed by atoms with Crippen molar-refractivity contribution in [2.24, 2.45) is 0 Å². The Kier molecular flexibility index (Phi) is 6.86. The van der Waals surface area contributed by atoms with E-state index in [9.17, 15) is 0 Å². The van der Waals surface area contributed by atoms with Crippen LogP contribution in [0.2, 0.25) is 5.02 Å². The maximum atomic E-state index is 6.29. The normalized spacial score (nSPS) is 12.3. The first-order chi connectivity index (χ1) is 11.1. The number of nitrogens with one attached hydrogen (secondary N) is 1. The van der Waals surface area contributed by atoms with Crippen LogP contribution in [0.1, 0.15) is 38.6 Å². The third kappa shape index (κ3) is 5.22. The molecule has 23 heavy (non-hydrogen) atoms. The zero-order valence-corrected chi connectivity index (χ0v) is 14.8. The van der Waals surface area contributed by atoms with Crippen molar-refractivity contribution in [3.63, 3.8) is 0 Å². The van der Waals surface area contributed by atoms with Crippen LogP contribution in [0.15, 0.2) is 24.5 Å². The fourth-order valence-electron chi connectivity index (χ4n) is 2.22. The van der Waals surface area contributed by atoms with Gasteiger partial charge in [-0.05, 0) is 38.0 Å². The van der Waals surface area contributed by atoms with E-state index in [1.165, 1.54) is 0 Å². The van der Waals surface area contributed by atoms with E-state index < -0.39 is 0 Å². The predicted molar refractivity (Wildman–Crippen MR) is 92.9 cm³/mol. The minimum Gasteiger partial charge on any atom is -0.489 e. The smallest absolute Gasteiger partial charge is 0.138 e. The Labute approximate surface area is 143 Å². The Morgan fingerprint density at radius 2 is 2.17 bits per heavy atom. The number of ether oxygens (including phenoxy) is 1. The lowest BCUT2D eigenvalue weighted by atomic mass is 10.2. The second kappa shape index (κ2) is 8.89. The number of hydrogen-bond donors (Lipinski definition) is 1. The van der Waals surface area contributed by atoms with Crippen LogP contribution in [-0.4, -0.2) is 27.4 Å². The van der Waals surface area contributed by atoms with Gasteiger partial charge in [-0.1, -0.05) is 24.6 Å². The summed E-state index contributed by atoms with van der Waals surface area (Å²) in [7, 11) is 0. The summed E-state index contributed by atoms with van der Waals surface area (Å²) in [6.45, 7) is 8.74. The highest BCUT2D eigenvalue weighted by atomic mass is 35.5. The molecule has 0 saturated heterocycles. The monoisotopic (exact) mass is 336 g/mol. The van der Waals surface area contributed by atoms with Crippen LogP contribution in [-0.2, 0) is 19.5 Å². The van der Waals surface area contributed by atoms with Crippen LogP contribution < -0.4 is 10.1 Å². The molecule has 1 atom stereocenters. The van der Waals surface area contributed by atoms with E-state index in [-0.39, 0.29) is 6.10 Å². The van der Waals surface area contributed by atoms with Crippen LogP contribution in [0.5, 0.6) is 5.75 Å². The lowest BCUT2D eigenvalue weighted by Gasteiger charge is -2.14. The van der Waals surface area contributed by atoms with Gasteiger partial charge in [-0.25, -0.2) is 0 Å². The summed E-state index contributed by atoms with van der Waals surface area (Å²) in [6, 6.07) is 5.95. The SMILES string of the molecule is CC[C@H](C)Oc1ccc(CNCCc2nncn2CC)cc1Cl. The first-order valence-electron chi connectivity index (χ1n) is 8.16. The highest BCUT2D eigenvalue weighted by Gasteiger charge is 2.07. The molecule has 0 bridgehead atoms. The van der Waals surface area contributed by atoms with E-state index in [2.05, 4.69) is 33.9 Å². The molecular formula is C17H25ClN4O.